The number of hydrogen-bond acceptors (Lipinski definition) is 21. The highest BCUT2D eigenvalue weighted by atomic mass is 35.5. The number of carbonyl (C=O) groups excluding carboxylic acids is 4. The van der Waals surface area contributed by atoms with E-state index in [1.165, 1.54) is 17.6 Å². The van der Waals surface area contributed by atoms with Gasteiger partial charge in [0.15, 0.2) is 34.7 Å². The highest BCUT2D eigenvalue weighted by molar-refractivity contribution is 7.13. The molecule has 29 nitrogen and oxygen atoms in total. The summed E-state index contributed by atoms with van der Waals surface area (Å²) in [5.41, 5.74) is 12.4. The van der Waals surface area contributed by atoms with Crippen LogP contribution in [0.1, 0.15) is 80.1 Å². The van der Waals surface area contributed by atoms with Crippen LogP contribution in [0, 0.1) is 27.7 Å². The van der Waals surface area contributed by atoms with Crippen molar-refractivity contribution in [3.05, 3.63) is 270 Å². The van der Waals surface area contributed by atoms with Gasteiger partial charge in [0.05, 0.1) is 44.8 Å². The Morgan fingerprint density at radius 3 is 1.31 bits per heavy atom. The van der Waals surface area contributed by atoms with Gasteiger partial charge in [-0.3, -0.25) is 19.2 Å². The highest BCUT2D eigenvalue weighted by Crippen LogP contribution is 2.32. The maximum atomic E-state index is 12.7. The van der Waals surface area contributed by atoms with E-state index in [4.69, 9.17) is 40.5 Å². The standard InChI is InChI=1S/C22H21N5O2.C22H21N5OS.C21H20ClN7O.C21H20N6O2/c2*1-15-12-26-10-5-8-19(26)20(23-15)27-11-9-17(13-27)24-21(28)18-14-29-22(25-18)16-6-3-2-4-7-16;1-14-11-27-9-2-3-18(27)20(24-14)28-10-8-16(12-28)25-21(30)19-23-13-29(26-19)17-6-4-15(22)5-7-17;1-14-12-26-10-5-8-17(26)19(22-14)27-11-9-16(13-27)23-20(28)18-24-21(29-25-18)15-6-3-2-4-7-15/h2*2-8,10,12,14,17H,9,11,13H2,1H3,(H,24,28);2-7,9,11,13,16,19H,8,10,12H2,1H3;2-8,10,12,16H,9,11,13H2,1H3,(H,23,28)/p+1/t2*17-;16-,19?;16-/m0000/s1. The molecular formula is C86H83ClN23O6S+. The topological polar surface area (TPSA) is 304 Å². The number of halogens is 1. The summed E-state index contributed by atoms with van der Waals surface area (Å²) in [6, 6.07) is 52.6. The van der Waals surface area contributed by atoms with E-state index < -0.39 is 6.17 Å². The highest BCUT2D eigenvalue weighted by Gasteiger charge is 2.36. The normalized spacial score (nSPS) is 17.5. The quantitative estimate of drug-likeness (QED) is 0.0653. The van der Waals surface area contributed by atoms with E-state index in [0.29, 0.717) is 47.8 Å². The molecule has 4 N–H and O–H groups in total. The second-order valence-corrected chi connectivity index (χ2v) is 30.6. The van der Waals surface area contributed by atoms with Crippen LogP contribution in [0.25, 0.3) is 55.5 Å². The Kier molecular flexibility index (Phi) is 21.9. The summed E-state index contributed by atoms with van der Waals surface area (Å²) in [6.45, 7) is 14.2. The first kappa shape index (κ1) is 75.9. The number of aromatic nitrogens is 12. The first-order chi connectivity index (χ1) is 57.1. The number of benzene rings is 4. The third-order valence-electron chi connectivity index (χ3n) is 20.8. The van der Waals surface area contributed by atoms with E-state index in [0.717, 1.165) is 154 Å². The van der Waals surface area contributed by atoms with Gasteiger partial charge in [-0.1, -0.05) is 88.6 Å². The number of amides is 4. The molecule has 4 saturated heterocycles. The summed E-state index contributed by atoms with van der Waals surface area (Å²) in [6.07, 6.45) is 21.8. The van der Waals surface area contributed by atoms with Crippen molar-refractivity contribution in [2.75, 3.05) is 72.0 Å². The SMILES string of the molecule is Cc1cn2cccc2c(N2CC[C@H](NC(=O)C3N=C[N+](c4ccc(Cl)cc4)=N3)C2)n1.Cc1cn2cccc2c(N2CC[C@H](NC(=O)c3coc(-c4ccccc4)n3)C2)n1.Cc1cn2cccc2c(N2CC[C@H](NC(=O)c3csc(-c4ccccc4)n3)C2)n1.Cc1cn2cccc2c(N2CC[C@H](NC(=O)c3noc(-c4ccccc4)n3)C2)n1. The number of aryl methyl sites for hydroxylation is 4. The van der Waals surface area contributed by atoms with Crippen LogP contribution in [0.2, 0.25) is 5.02 Å². The fourth-order valence-corrected chi connectivity index (χ4v) is 16.1. The lowest BCUT2D eigenvalue weighted by atomic mass is 10.2. The van der Waals surface area contributed by atoms with Crippen molar-refractivity contribution in [1.82, 2.24) is 78.9 Å². The Morgan fingerprint density at radius 2 is 0.855 bits per heavy atom. The van der Waals surface area contributed by atoms with Gasteiger partial charge >= 0.3 is 12.5 Å². The van der Waals surface area contributed by atoms with Gasteiger partial charge in [0.25, 0.3) is 35.3 Å². The second-order valence-electron chi connectivity index (χ2n) is 29.4. The minimum absolute atomic E-state index is 0.00139. The lowest BCUT2D eigenvalue weighted by Gasteiger charge is -2.19. The van der Waals surface area contributed by atoms with Crippen molar-refractivity contribution in [1.29, 1.82) is 0 Å². The van der Waals surface area contributed by atoms with Crippen molar-refractivity contribution in [3.63, 3.8) is 0 Å². The first-order valence-corrected chi connectivity index (χ1v) is 40.0. The van der Waals surface area contributed by atoms with Crippen molar-refractivity contribution in [2.45, 2.75) is 83.7 Å². The van der Waals surface area contributed by atoms with Gasteiger partial charge < -0.3 is 67.4 Å². The number of azo groups is 2. The van der Waals surface area contributed by atoms with Gasteiger partial charge in [-0.15, -0.1) is 16.0 Å². The molecule has 1 unspecified atom stereocenters. The molecule has 4 fully saturated rings. The molecule has 4 amide bonds. The minimum Gasteiger partial charge on any atom is -0.444 e. The Hall–Kier alpha value is -13.7. The van der Waals surface area contributed by atoms with Crippen LogP contribution in [0.3, 0.4) is 0 Å². The van der Waals surface area contributed by atoms with E-state index >= 15 is 0 Å². The summed E-state index contributed by atoms with van der Waals surface area (Å²) in [5, 5.41) is 23.9. The van der Waals surface area contributed by atoms with Crippen LogP contribution in [-0.2, 0) is 4.79 Å². The molecule has 11 aromatic heterocycles. The number of carbonyl (C=O) groups is 4. The number of oxazole rings is 1. The fourth-order valence-electron chi connectivity index (χ4n) is 15.2. The second kappa shape index (κ2) is 33.8. The number of aliphatic imine (C=N–C) groups is 1. The van der Waals surface area contributed by atoms with Crippen LogP contribution >= 0.6 is 22.9 Å². The molecule has 0 saturated carbocycles. The molecule has 15 aromatic rings. The van der Waals surface area contributed by atoms with E-state index in [1.807, 2.05) is 210 Å². The third kappa shape index (κ3) is 17.2. The molecule has 16 heterocycles. The van der Waals surface area contributed by atoms with Gasteiger partial charge in [-0.2, -0.15) is 4.98 Å². The zero-order chi connectivity index (χ0) is 80.0. The number of nitrogens with one attached hydrogen (secondary N) is 4. The number of hydrogen-bond donors (Lipinski definition) is 4. The van der Waals surface area contributed by atoms with Crippen molar-refractivity contribution in [2.24, 2.45) is 10.1 Å². The predicted molar refractivity (Wildman–Crippen MR) is 448 cm³/mol. The lowest BCUT2D eigenvalue weighted by Crippen LogP contribution is -2.41. The first-order valence-electron chi connectivity index (χ1n) is 38.8. The van der Waals surface area contributed by atoms with Crippen LogP contribution in [0.5, 0.6) is 0 Å². The molecule has 20 rings (SSSR count). The zero-order valence-corrected chi connectivity index (χ0v) is 66.1. The molecule has 0 bridgehead atoms. The van der Waals surface area contributed by atoms with E-state index in [-0.39, 0.29) is 53.6 Å². The summed E-state index contributed by atoms with van der Waals surface area (Å²) >= 11 is 7.42. The lowest BCUT2D eigenvalue weighted by molar-refractivity contribution is -0.375. The van der Waals surface area contributed by atoms with E-state index in [9.17, 15) is 19.2 Å². The third-order valence-corrected chi connectivity index (χ3v) is 22.0. The van der Waals surface area contributed by atoms with Crippen LogP contribution in [0.15, 0.2) is 244 Å². The molecular weight excluding hydrogens is 1520 g/mol. The molecule has 117 heavy (non-hydrogen) atoms. The number of anilines is 4. The van der Waals surface area contributed by atoms with Crippen molar-refractivity contribution >= 4 is 104 Å². The van der Waals surface area contributed by atoms with Gasteiger partial charge in [0.1, 0.15) is 17.0 Å². The van der Waals surface area contributed by atoms with Gasteiger partial charge in [-0.25, -0.2) is 29.9 Å². The van der Waals surface area contributed by atoms with Crippen LogP contribution in [0.4, 0.5) is 29.0 Å². The summed E-state index contributed by atoms with van der Waals surface area (Å²) in [5.74, 6) is 3.82. The number of nitrogens with zero attached hydrogens (tertiary/aromatic N) is 19. The van der Waals surface area contributed by atoms with Crippen molar-refractivity contribution in [3.8, 4) is 33.5 Å². The molecule has 5 aliphatic rings. The van der Waals surface area contributed by atoms with E-state index in [2.05, 4.69) is 113 Å². The Morgan fingerprint density at radius 1 is 0.444 bits per heavy atom. The predicted octanol–water partition coefficient (Wildman–Crippen LogP) is 12.9. The Balaban J connectivity index is 0.000000112. The molecule has 5 aliphatic heterocycles. The average molecular weight is 1600 g/mol. The average Bonchev–Trinajstić information content (AvgIpc) is 1.70. The Labute approximate surface area is 681 Å². The number of thiazole rings is 1. The summed E-state index contributed by atoms with van der Waals surface area (Å²) < 4.78 is 20.7. The number of fused-ring (bicyclic) bond motifs is 4. The summed E-state index contributed by atoms with van der Waals surface area (Å²) in [7, 11) is 0. The maximum absolute atomic E-state index is 12.7. The number of rotatable bonds is 16. The molecule has 0 spiro atoms. The monoisotopic (exact) mass is 1600 g/mol. The van der Waals surface area contributed by atoms with Gasteiger partial charge in [-0.05, 0) is 155 Å². The van der Waals surface area contributed by atoms with E-state index in [1.54, 1.807) is 23.2 Å². The van der Waals surface area contributed by atoms with Gasteiger partial charge in [0, 0.05) is 153 Å². The van der Waals surface area contributed by atoms with Crippen molar-refractivity contribution < 1.29 is 32.8 Å². The molecule has 0 radical (unpaired) electrons. The zero-order valence-electron chi connectivity index (χ0n) is 64.5. The molecule has 590 valence electrons. The Bertz CT molecular complexity index is 5710. The maximum Gasteiger partial charge on any atom is 0.343 e. The smallest absolute Gasteiger partial charge is 0.343 e. The summed E-state index contributed by atoms with van der Waals surface area (Å²) in [4.78, 5) is 95.8. The largest absolute Gasteiger partial charge is 0.444 e. The van der Waals surface area contributed by atoms with Gasteiger partial charge in [0.2, 0.25) is 5.89 Å². The molecule has 0 aliphatic carbocycles. The fraction of sp³-hybridized carbons (Fsp3) is 0.244. The minimum atomic E-state index is -0.774. The molecule has 31 heteroatoms. The van der Waals surface area contributed by atoms with Crippen LogP contribution in [-0.4, -0.2) is 175 Å². The van der Waals surface area contributed by atoms with Crippen LogP contribution < -0.4 is 40.9 Å². The molecule has 5 atom stereocenters. The molecule has 4 aromatic carbocycles.